The predicted molar refractivity (Wildman–Crippen MR) is 86.6 cm³/mol. The van der Waals surface area contributed by atoms with Crippen LogP contribution in [0.2, 0.25) is 0 Å². The summed E-state index contributed by atoms with van der Waals surface area (Å²) in [5.74, 6) is 0.287. The molecule has 0 atom stereocenters. The molecule has 126 valence electrons. The zero-order valence-corrected chi connectivity index (χ0v) is 13.8. The lowest BCUT2D eigenvalue weighted by atomic mass is 9.78. The topological polar surface area (TPSA) is 58.8 Å². The second kappa shape index (κ2) is 7.28. The molecule has 22 heavy (non-hydrogen) atoms. The van der Waals surface area contributed by atoms with E-state index in [9.17, 15) is 4.79 Å². The Morgan fingerprint density at radius 3 is 2.27 bits per heavy atom. The fraction of sp³-hybridized carbons (Fsp3) is 0.941. The molecule has 3 aliphatic rings. The van der Waals surface area contributed by atoms with Gasteiger partial charge in [0.2, 0.25) is 5.91 Å². The summed E-state index contributed by atoms with van der Waals surface area (Å²) in [5.41, 5.74) is 5.63. The van der Waals surface area contributed by atoms with Crippen molar-refractivity contribution in [3.63, 3.8) is 0 Å². The second-order valence-electron chi connectivity index (χ2n) is 7.22. The average molecular weight is 309 g/mol. The van der Waals surface area contributed by atoms with Gasteiger partial charge in [0.25, 0.3) is 0 Å². The van der Waals surface area contributed by atoms with Crippen molar-refractivity contribution in [2.75, 3.05) is 45.9 Å². The van der Waals surface area contributed by atoms with Crippen molar-refractivity contribution in [2.45, 2.75) is 51.0 Å². The second-order valence-corrected chi connectivity index (χ2v) is 7.22. The Kier molecular flexibility index (Phi) is 5.37. The third-order valence-electron chi connectivity index (χ3n) is 5.95. The summed E-state index contributed by atoms with van der Waals surface area (Å²) in [6.45, 7) is 6.12. The molecule has 0 unspecified atom stereocenters. The van der Waals surface area contributed by atoms with Gasteiger partial charge in [-0.05, 0) is 51.6 Å². The molecule has 3 fully saturated rings. The molecule has 3 rings (SSSR count). The van der Waals surface area contributed by atoms with E-state index in [0.29, 0.717) is 25.8 Å². The largest absolute Gasteiger partial charge is 0.381 e. The molecule has 5 nitrogen and oxygen atoms in total. The number of ether oxygens (including phenoxy) is 1. The maximum atomic E-state index is 13.0. The van der Waals surface area contributed by atoms with E-state index in [-0.39, 0.29) is 11.3 Å². The van der Waals surface area contributed by atoms with Crippen molar-refractivity contribution < 1.29 is 9.53 Å². The Bertz CT molecular complexity index is 368. The molecule has 0 aliphatic carbocycles. The van der Waals surface area contributed by atoms with E-state index in [1.807, 2.05) is 0 Å². The van der Waals surface area contributed by atoms with Gasteiger partial charge in [0, 0.05) is 38.9 Å². The van der Waals surface area contributed by atoms with E-state index >= 15 is 0 Å². The number of rotatable bonds is 3. The van der Waals surface area contributed by atoms with Crippen molar-refractivity contribution in [3.8, 4) is 0 Å². The molecule has 0 aromatic carbocycles. The minimum atomic E-state index is -0.351. The first-order chi connectivity index (χ1) is 10.7. The van der Waals surface area contributed by atoms with E-state index in [0.717, 1.165) is 38.8 Å². The molecule has 0 bridgehead atoms. The molecule has 0 aromatic heterocycles. The van der Waals surface area contributed by atoms with Gasteiger partial charge >= 0.3 is 0 Å². The van der Waals surface area contributed by atoms with Crippen molar-refractivity contribution in [1.82, 2.24) is 9.80 Å². The lowest BCUT2D eigenvalue weighted by Crippen LogP contribution is -2.55. The molecule has 0 aromatic rings. The van der Waals surface area contributed by atoms with Crippen LogP contribution in [0.15, 0.2) is 0 Å². The maximum absolute atomic E-state index is 13.0. The Morgan fingerprint density at radius 1 is 1.05 bits per heavy atom. The quantitative estimate of drug-likeness (QED) is 0.851. The summed E-state index contributed by atoms with van der Waals surface area (Å²) in [4.78, 5) is 17.7. The van der Waals surface area contributed by atoms with Gasteiger partial charge in [-0.3, -0.25) is 4.79 Å². The van der Waals surface area contributed by atoms with Gasteiger partial charge in [0.15, 0.2) is 0 Å². The standard InChI is InChI=1S/C17H31N3O2/c18-14-17(6-12-22-13-7-17)16(21)20-10-4-15(5-11-20)19-8-2-1-3-9-19/h15H,1-14,18H2. The highest BCUT2D eigenvalue weighted by Crippen LogP contribution is 2.33. The molecular weight excluding hydrogens is 278 g/mol. The smallest absolute Gasteiger partial charge is 0.230 e. The molecule has 0 saturated carbocycles. The molecule has 3 heterocycles. The van der Waals surface area contributed by atoms with Crippen molar-refractivity contribution in [2.24, 2.45) is 11.1 Å². The van der Waals surface area contributed by atoms with Crippen LogP contribution in [0.1, 0.15) is 44.9 Å². The summed E-state index contributed by atoms with van der Waals surface area (Å²) < 4.78 is 5.43. The lowest BCUT2D eigenvalue weighted by Gasteiger charge is -2.44. The van der Waals surface area contributed by atoms with Crippen LogP contribution < -0.4 is 5.73 Å². The van der Waals surface area contributed by atoms with Gasteiger partial charge in [0.1, 0.15) is 0 Å². The Balaban J connectivity index is 1.54. The van der Waals surface area contributed by atoms with Gasteiger partial charge in [-0.15, -0.1) is 0 Å². The van der Waals surface area contributed by atoms with Crippen molar-refractivity contribution >= 4 is 5.91 Å². The van der Waals surface area contributed by atoms with Crippen molar-refractivity contribution in [1.29, 1.82) is 0 Å². The third-order valence-corrected chi connectivity index (χ3v) is 5.95. The van der Waals surface area contributed by atoms with Gasteiger partial charge < -0.3 is 20.3 Å². The molecule has 5 heteroatoms. The number of piperidine rings is 2. The summed E-state index contributed by atoms with van der Waals surface area (Å²) in [6, 6.07) is 0.688. The highest BCUT2D eigenvalue weighted by atomic mass is 16.5. The fourth-order valence-electron chi connectivity index (χ4n) is 4.32. The highest BCUT2D eigenvalue weighted by molar-refractivity contribution is 5.83. The van der Waals surface area contributed by atoms with Crippen LogP contribution >= 0.6 is 0 Å². The first-order valence-corrected chi connectivity index (χ1v) is 9.06. The van der Waals surface area contributed by atoms with E-state index in [2.05, 4.69) is 9.80 Å². The Hall–Kier alpha value is -0.650. The van der Waals surface area contributed by atoms with Crippen LogP contribution in [0, 0.1) is 5.41 Å². The molecule has 3 aliphatic heterocycles. The van der Waals surface area contributed by atoms with Crippen LogP contribution in [0.5, 0.6) is 0 Å². The number of carbonyl (C=O) groups is 1. The number of likely N-dealkylation sites (tertiary alicyclic amines) is 2. The predicted octanol–water partition coefficient (Wildman–Crippen LogP) is 1.22. The molecule has 1 amide bonds. The maximum Gasteiger partial charge on any atom is 0.230 e. The number of nitrogens with two attached hydrogens (primary N) is 1. The van der Waals surface area contributed by atoms with E-state index in [4.69, 9.17) is 10.5 Å². The zero-order chi connectivity index (χ0) is 15.4. The SMILES string of the molecule is NCC1(C(=O)N2CCC(N3CCCCC3)CC2)CCOCC1. The van der Waals surface area contributed by atoms with E-state index < -0.39 is 0 Å². The normalized spacial score (nSPS) is 27.8. The van der Waals surface area contributed by atoms with Crippen LogP contribution in [-0.2, 0) is 9.53 Å². The summed E-state index contributed by atoms with van der Waals surface area (Å²) in [7, 11) is 0. The van der Waals surface area contributed by atoms with Crippen molar-refractivity contribution in [3.05, 3.63) is 0 Å². The zero-order valence-electron chi connectivity index (χ0n) is 13.8. The first kappa shape index (κ1) is 16.2. The fourth-order valence-corrected chi connectivity index (χ4v) is 4.32. The molecule has 3 saturated heterocycles. The summed E-state index contributed by atoms with van der Waals surface area (Å²) in [5, 5.41) is 0. The third kappa shape index (κ3) is 3.31. The van der Waals surface area contributed by atoms with Gasteiger partial charge in [-0.1, -0.05) is 6.42 Å². The van der Waals surface area contributed by atoms with E-state index in [1.54, 1.807) is 0 Å². The molecular formula is C17H31N3O2. The number of hydrogen-bond donors (Lipinski definition) is 1. The number of hydrogen-bond acceptors (Lipinski definition) is 4. The van der Waals surface area contributed by atoms with E-state index in [1.165, 1.54) is 32.4 Å². The van der Waals surface area contributed by atoms with Gasteiger partial charge in [-0.2, -0.15) is 0 Å². The summed E-state index contributed by atoms with van der Waals surface area (Å²) >= 11 is 0. The first-order valence-electron chi connectivity index (χ1n) is 9.06. The highest BCUT2D eigenvalue weighted by Gasteiger charge is 2.42. The lowest BCUT2D eigenvalue weighted by molar-refractivity contribution is -0.148. The monoisotopic (exact) mass is 309 g/mol. The summed E-state index contributed by atoms with van der Waals surface area (Å²) in [6.07, 6.45) is 7.90. The number of nitrogens with zero attached hydrogens (tertiary/aromatic N) is 2. The molecule has 0 radical (unpaired) electrons. The number of carbonyl (C=O) groups excluding carboxylic acids is 1. The Labute approximate surface area is 134 Å². The average Bonchev–Trinajstić information content (AvgIpc) is 2.62. The van der Waals surface area contributed by atoms with Crippen LogP contribution in [0.25, 0.3) is 0 Å². The van der Waals surface area contributed by atoms with Crippen LogP contribution in [0.3, 0.4) is 0 Å². The minimum absolute atomic E-state index is 0.287. The molecule has 0 spiro atoms. The van der Waals surface area contributed by atoms with Crippen LogP contribution in [-0.4, -0.2) is 67.7 Å². The minimum Gasteiger partial charge on any atom is -0.381 e. The van der Waals surface area contributed by atoms with Gasteiger partial charge in [-0.25, -0.2) is 0 Å². The number of amides is 1. The molecule has 2 N–H and O–H groups in total. The van der Waals surface area contributed by atoms with Gasteiger partial charge in [0.05, 0.1) is 5.41 Å². The van der Waals surface area contributed by atoms with Crippen LogP contribution in [0.4, 0.5) is 0 Å². The Morgan fingerprint density at radius 2 is 1.68 bits per heavy atom.